The topological polar surface area (TPSA) is 83.3 Å². The van der Waals surface area contributed by atoms with Gasteiger partial charge in [-0.25, -0.2) is 9.48 Å². The van der Waals surface area contributed by atoms with E-state index < -0.39 is 0 Å². The summed E-state index contributed by atoms with van der Waals surface area (Å²) >= 11 is 7.35. The summed E-state index contributed by atoms with van der Waals surface area (Å²) in [6.45, 7) is 1.68. The van der Waals surface area contributed by atoms with Gasteiger partial charge in [0, 0.05) is 18.0 Å². The number of amides is 2. The molecular weight excluding hydrogens is 338 g/mol. The number of nitrogens with one attached hydrogen (secondary N) is 1. The molecule has 2 aromatic heterocycles. The van der Waals surface area contributed by atoms with E-state index in [0.29, 0.717) is 18.8 Å². The van der Waals surface area contributed by atoms with Crippen molar-refractivity contribution in [3.05, 3.63) is 33.2 Å². The molecule has 7 nitrogen and oxygen atoms in total. The quantitative estimate of drug-likeness (QED) is 0.879. The van der Waals surface area contributed by atoms with Crippen LogP contribution >= 0.6 is 22.9 Å². The van der Waals surface area contributed by atoms with Crippen molar-refractivity contribution in [2.24, 2.45) is 0 Å². The number of urea groups is 1. The summed E-state index contributed by atoms with van der Waals surface area (Å²) in [5.74, 6) is 0. The molecule has 23 heavy (non-hydrogen) atoms. The summed E-state index contributed by atoms with van der Waals surface area (Å²) < 4.78 is 2.46. The zero-order chi connectivity index (χ0) is 16.2. The molecule has 0 bridgehead atoms. The minimum Gasteiger partial charge on any atom is -0.390 e. The fourth-order valence-electron chi connectivity index (χ4n) is 2.64. The minimum absolute atomic E-state index is 0.0817. The van der Waals surface area contributed by atoms with Crippen LogP contribution in [-0.4, -0.2) is 44.1 Å². The van der Waals surface area contributed by atoms with Crippen LogP contribution in [0.25, 0.3) is 0 Å². The van der Waals surface area contributed by atoms with Gasteiger partial charge >= 0.3 is 6.03 Å². The van der Waals surface area contributed by atoms with Crippen LogP contribution in [0.4, 0.5) is 4.79 Å². The van der Waals surface area contributed by atoms with Crippen molar-refractivity contribution >= 4 is 29.0 Å². The summed E-state index contributed by atoms with van der Waals surface area (Å²) in [5, 5.41) is 19.9. The Kier molecular flexibility index (Phi) is 5.14. The lowest BCUT2D eigenvalue weighted by atomic mass is 10.1. The first-order chi connectivity index (χ1) is 11.2. The monoisotopic (exact) mass is 355 g/mol. The predicted molar refractivity (Wildman–Crippen MR) is 87.4 cm³/mol. The molecule has 1 aliphatic rings. The van der Waals surface area contributed by atoms with E-state index in [1.165, 1.54) is 11.3 Å². The number of carbonyl (C=O) groups excluding carboxylic acids is 1. The summed E-state index contributed by atoms with van der Waals surface area (Å²) in [5.41, 5.74) is 0.543. The van der Waals surface area contributed by atoms with E-state index in [1.54, 1.807) is 15.8 Å². The Bertz CT molecular complexity index is 674. The molecule has 2 aromatic rings. The fourth-order valence-corrected chi connectivity index (χ4v) is 3.67. The van der Waals surface area contributed by atoms with Crippen LogP contribution in [0, 0.1) is 0 Å². The van der Waals surface area contributed by atoms with Gasteiger partial charge in [-0.15, -0.1) is 16.4 Å². The van der Waals surface area contributed by atoms with Crippen molar-refractivity contribution in [1.82, 2.24) is 25.2 Å². The third kappa shape index (κ3) is 4.01. The maximum atomic E-state index is 12.3. The van der Waals surface area contributed by atoms with Gasteiger partial charge in [-0.05, 0) is 25.0 Å². The van der Waals surface area contributed by atoms with E-state index in [1.807, 2.05) is 12.1 Å². The number of rotatable bonds is 4. The van der Waals surface area contributed by atoms with Crippen molar-refractivity contribution < 1.29 is 9.90 Å². The van der Waals surface area contributed by atoms with E-state index in [0.717, 1.165) is 28.6 Å². The molecule has 1 atom stereocenters. The number of likely N-dealkylation sites (tertiary alicyclic amines) is 1. The number of hydrogen-bond donors (Lipinski definition) is 2. The Morgan fingerprint density at radius 3 is 3.09 bits per heavy atom. The first-order valence-electron chi connectivity index (χ1n) is 7.44. The van der Waals surface area contributed by atoms with Crippen molar-refractivity contribution in [2.75, 3.05) is 13.1 Å². The largest absolute Gasteiger partial charge is 0.390 e. The van der Waals surface area contributed by atoms with Gasteiger partial charge in [-0.1, -0.05) is 16.8 Å². The Morgan fingerprint density at radius 1 is 1.52 bits per heavy atom. The molecule has 2 N–H and O–H groups in total. The van der Waals surface area contributed by atoms with E-state index >= 15 is 0 Å². The molecule has 124 valence electrons. The number of thiophene rings is 1. The Balaban J connectivity index is 1.55. The van der Waals surface area contributed by atoms with Crippen LogP contribution in [0.15, 0.2) is 18.3 Å². The minimum atomic E-state index is -0.125. The second-order valence-electron chi connectivity index (χ2n) is 5.45. The predicted octanol–water partition coefficient (Wildman–Crippen LogP) is 2.03. The first kappa shape index (κ1) is 16.2. The van der Waals surface area contributed by atoms with Crippen molar-refractivity contribution in [3.63, 3.8) is 0 Å². The Hall–Kier alpha value is -1.64. The molecule has 1 aliphatic heterocycles. The molecule has 1 saturated heterocycles. The number of halogens is 1. The van der Waals surface area contributed by atoms with Gasteiger partial charge in [0.15, 0.2) is 0 Å². The third-order valence-corrected chi connectivity index (χ3v) is 5.05. The molecule has 3 rings (SSSR count). The molecule has 1 fully saturated rings. The normalized spacial score (nSPS) is 18.2. The molecule has 0 spiro atoms. The highest BCUT2D eigenvalue weighted by atomic mass is 35.5. The lowest BCUT2D eigenvalue weighted by Crippen LogP contribution is -2.45. The van der Waals surface area contributed by atoms with Gasteiger partial charge in [0.2, 0.25) is 0 Å². The number of aliphatic hydroxyl groups excluding tert-OH is 1. The van der Waals surface area contributed by atoms with E-state index in [-0.39, 0.29) is 18.7 Å². The fraction of sp³-hybridized carbons (Fsp3) is 0.500. The van der Waals surface area contributed by atoms with Gasteiger partial charge in [-0.3, -0.25) is 0 Å². The number of carbonyl (C=O) groups is 1. The van der Waals surface area contributed by atoms with E-state index in [4.69, 9.17) is 16.7 Å². The summed E-state index contributed by atoms with van der Waals surface area (Å²) in [6.07, 6.45) is 3.59. The number of nitrogens with zero attached hydrogens (tertiary/aromatic N) is 4. The molecule has 1 unspecified atom stereocenters. The van der Waals surface area contributed by atoms with Gasteiger partial charge in [0.05, 0.1) is 29.7 Å². The summed E-state index contributed by atoms with van der Waals surface area (Å²) in [4.78, 5) is 15.1. The molecule has 0 radical (unpaired) electrons. The van der Waals surface area contributed by atoms with Crippen molar-refractivity contribution in [3.8, 4) is 0 Å². The molecule has 2 amide bonds. The average molecular weight is 356 g/mol. The number of aromatic nitrogens is 3. The van der Waals surface area contributed by atoms with Crippen LogP contribution in [0.2, 0.25) is 4.34 Å². The van der Waals surface area contributed by atoms with Gasteiger partial charge in [-0.2, -0.15) is 0 Å². The van der Waals surface area contributed by atoms with E-state index in [2.05, 4.69) is 15.6 Å². The Labute approximate surface area is 142 Å². The smallest absolute Gasteiger partial charge is 0.317 e. The standard InChI is InChI=1S/C14H18ClN5O2S/c15-13-4-3-12(23-13)6-16-14(22)19-5-1-2-11(8-19)20-7-10(9-21)17-18-20/h3-4,7,11,21H,1-2,5-6,8-9H2,(H,16,22). The lowest BCUT2D eigenvalue weighted by molar-refractivity contribution is 0.162. The van der Waals surface area contributed by atoms with Crippen molar-refractivity contribution in [2.45, 2.75) is 32.0 Å². The molecule has 0 saturated carbocycles. The van der Waals surface area contributed by atoms with Crippen LogP contribution < -0.4 is 5.32 Å². The van der Waals surface area contributed by atoms with Gasteiger partial charge in [0.25, 0.3) is 0 Å². The second-order valence-corrected chi connectivity index (χ2v) is 7.25. The summed E-state index contributed by atoms with van der Waals surface area (Å²) in [7, 11) is 0. The lowest BCUT2D eigenvalue weighted by Gasteiger charge is -2.32. The number of piperidine rings is 1. The van der Waals surface area contributed by atoms with Crippen LogP contribution in [0.1, 0.15) is 29.5 Å². The summed E-state index contributed by atoms with van der Waals surface area (Å²) in [6, 6.07) is 3.76. The van der Waals surface area contributed by atoms with Crippen LogP contribution in [-0.2, 0) is 13.2 Å². The second kappa shape index (κ2) is 7.29. The van der Waals surface area contributed by atoms with Gasteiger partial charge in [0.1, 0.15) is 5.69 Å². The average Bonchev–Trinajstić information content (AvgIpc) is 3.21. The highest BCUT2D eigenvalue weighted by Gasteiger charge is 2.25. The van der Waals surface area contributed by atoms with Crippen LogP contribution in [0.5, 0.6) is 0 Å². The Morgan fingerprint density at radius 2 is 2.39 bits per heavy atom. The van der Waals surface area contributed by atoms with Gasteiger partial charge < -0.3 is 15.3 Å². The highest BCUT2D eigenvalue weighted by molar-refractivity contribution is 7.16. The zero-order valence-corrected chi connectivity index (χ0v) is 14.1. The maximum Gasteiger partial charge on any atom is 0.317 e. The van der Waals surface area contributed by atoms with E-state index in [9.17, 15) is 4.79 Å². The molecular formula is C14H18ClN5O2S. The molecule has 3 heterocycles. The number of aliphatic hydroxyl groups is 1. The molecule has 0 aliphatic carbocycles. The SMILES string of the molecule is O=C(NCc1ccc(Cl)s1)N1CCCC(n2cc(CO)nn2)C1. The highest BCUT2D eigenvalue weighted by Crippen LogP contribution is 2.22. The molecule has 9 heteroatoms. The zero-order valence-electron chi connectivity index (χ0n) is 12.5. The maximum absolute atomic E-state index is 12.3. The number of hydrogen-bond acceptors (Lipinski definition) is 5. The van der Waals surface area contributed by atoms with Crippen molar-refractivity contribution in [1.29, 1.82) is 0 Å². The third-order valence-electron chi connectivity index (χ3n) is 3.82. The molecule has 0 aromatic carbocycles. The first-order valence-corrected chi connectivity index (χ1v) is 8.63. The van der Waals surface area contributed by atoms with Crippen LogP contribution in [0.3, 0.4) is 0 Å².